The Morgan fingerprint density at radius 3 is 2.85 bits per heavy atom. The zero-order chi connectivity index (χ0) is 18.8. The van der Waals surface area contributed by atoms with Crippen LogP contribution < -0.4 is 14.8 Å². The van der Waals surface area contributed by atoms with Crippen LogP contribution in [0.3, 0.4) is 0 Å². The van der Waals surface area contributed by atoms with E-state index in [1.54, 1.807) is 11.3 Å². The van der Waals surface area contributed by atoms with Crippen molar-refractivity contribution in [1.82, 2.24) is 10.3 Å². The highest BCUT2D eigenvalue weighted by Gasteiger charge is 2.18. The van der Waals surface area contributed by atoms with E-state index in [-0.39, 0.29) is 18.4 Å². The Balaban J connectivity index is 1.42. The molecule has 27 heavy (non-hydrogen) atoms. The van der Waals surface area contributed by atoms with Crippen LogP contribution in [0.5, 0.6) is 11.5 Å². The van der Waals surface area contributed by atoms with E-state index in [0.29, 0.717) is 36.3 Å². The van der Waals surface area contributed by atoms with E-state index >= 15 is 0 Å². The first-order chi connectivity index (χ1) is 13.1. The zero-order valence-electron chi connectivity index (χ0n) is 15.2. The van der Waals surface area contributed by atoms with Gasteiger partial charge in [-0.25, -0.2) is 4.98 Å². The van der Waals surface area contributed by atoms with Gasteiger partial charge in [0.25, 0.3) is 0 Å². The fourth-order valence-electron chi connectivity index (χ4n) is 2.95. The molecule has 1 unspecified atom stereocenters. The van der Waals surface area contributed by atoms with Gasteiger partial charge in [-0.15, -0.1) is 11.3 Å². The third kappa shape index (κ3) is 3.83. The van der Waals surface area contributed by atoms with Crippen LogP contribution in [0.2, 0.25) is 0 Å². The van der Waals surface area contributed by atoms with Gasteiger partial charge in [-0.2, -0.15) is 0 Å². The van der Waals surface area contributed by atoms with Crippen molar-refractivity contribution in [1.29, 1.82) is 0 Å². The molecule has 1 aliphatic heterocycles. The maximum Gasteiger partial charge on any atom is 0.236 e. The van der Waals surface area contributed by atoms with Gasteiger partial charge in [-0.05, 0) is 43.0 Å². The number of ether oxygens (including phenoxy) is 2. The van der Waals surface area contributed by atoms with Crippen molar-refractivity contribution < 1.29 is 18.7 Å². The number of aromatic nitrogens is 1. The number of oxazole rings is 1. The van der Waals surface area contributed by atoms with Crippen molar-refractivity contribution in [3.8, 4) is 22.3 Å². The Morgan fingerprint density at radius 1 is 1.26 bits per heavy atom. The number of hydrogen-bond donors (Lipinski definition) is 1. The van der Waals surface area contributed by atoms with E-state index in [2.05, 4.69) is 10.3 Å². The summed E-state index contributed by atoms with van der Waals surface area (Å²) in [6.45, 7) is 4.87. The van der Waals surface area contributed by atoms with Crippen LogP contribution in [0.4, 0.5) is 0 Å². The van der Waals surface area contributed by atoms with E-state index in [1.807, 2.05) is 49.6 Å². The molecule has 6 nitrogen and oxygen atoms in total. The smallest absolute Gasteiger partial charge is 0.236 e. The number of aryl methyl sites for hydroxylation is 1. The lowest BCUT2D eigenvalue weighted by atomic mass is 10.1. The third-order valence-corrected chi connectivity index (χ3v) is 5.25. The number of nitrogens with one attached hydrogen (secondary N) is 1. The number of amides is 1. The molecular formula is C20H20N2O4S. The molecule has 0 saturated heterocycles. The lowest BCUT2D eigenvalue weighted by molar-refractivity contribution is -0.121. The summed E-state index contributed by atoms with van der Waals surface area (Å²) in [7, 11) is 0. The van der Waals surface area contributed by atoms with Gasteiger partial charge in [0.2, 0.25) is 11.8 Å². The number of carbonyl (C=O) groups excluding carboxylic acids is 1. The van der Waals surface area contributed by atoms with Gasteiger partial charge < -0.3 is 19.2 Å². The Labute approximate surface area is 161 Å². The van der Waals surface area contributed by atoms with Gasteiger partial charge >= 0.3 is 0 Å². The summed E-state index contributed by atoms with van der Waals surface area (Å²) in [5, 5.41) is 4.98. The molecule has 1 aliphatic rings. The number of thiophene rings is 1. The number of carbonyl (C=O) groups is 1. The van der Waals surface area contributed by atoms with Crippen LogP contribution in [-0.2, 0) is 11.2 Å². The fraction of sp³-hybridized carbons (Fsp3) is 0.300. The van der Waals surface area contributed by atoms with Crippen LogP contribution in [0, 0.1) is 6.92 Å². The molecule has 1 aromatic carbocycles. The number of benzene rings is 1. The first kappa shape index (κ1) is 17.6. The van der Waals surface area contributed by atoms with Crippen molar-refractivity contribution in [2.75, 3.05) is 13.2 Å². The third-order valence-electron chi connectivity index (χ3n) is 4.40. The van der Waals surface area contributed by atoms with E-state index in [4.69, 9.17) is 13.9 Å². The van der Waals surface area contributed by atoms with E-state index < -0.39 is 0 Å². The van der Waals surface area contributed by atoms with E-state index in [9.17, 15) is 4.79 Å². The molecular weight excluding hydrogens is 364 g/mol. The van der Waals surface area contributed by atoms with E-state index in [0.717, 1.165) is 16.2 Å². The van der Waals surface area contributed by atoms with Crippen LogP contribution in [0.15, 0.2) is 40.1 Å². The molecule has 3 heterocycles. The quantitative estimate of drug-likeness (QED) is 0.722. The Bertz CT molecular complexity index is 949. The van der Waals surface area contributed by atoms with Gasteiger partial charge in [0.15, 0.2) is 11.5 Å². The molecule has 4 rings (SSSR count). The molecule has 0 fully saturated rings. The summed E-state index contributed by atoms with van der Waals surface area (Å²) in [4.78, 5) is 17.9. The Morgan fingerprint density at radius 2 is 2.07 bits per heavy atom. The normalized spacial score (nSPS) is 14.0. The van der Waals surface area contributed by atoms with Crippen molar-refractivity contribution in [2.45, 2.75) is 26.3 Å². The summed E-state index contributed by atoms with van der Waals surface area (Å²) in [5.41, 5.74) is 1.62. The summed E-state index contributed by atoms with van der Waals surface area (Å²) >= 11 is 1.56. The second kappa shape index (κ2) is 7.44. The molecule has 0 spiro atoms. The van der Waals surface area contributed by atoms with Gasteiger partial charge in [0, 0.05) is 0 Å². The van der Waals surface area contributed by atoms with Gasteiger partial charge in [0.1, 0.15) is 19.0 Å². The van der Waals surface area contributed by atoms with E-state index in [1.165, 1.54) is 0 Å². The lowest BCUT2D eigenvalue weighted by Crippen LogP contribution is -2.28. The van der Waals surface area contributed by atoms with Crippen molar-refractivity contribution in [2.24, 2.45) is 0 Å². The van der Waals surface area contributed by atoms with Crippen LogP contribution >= 0.6 is 11.3 Å². The first-order valence-electron chi connectivity index (χ1n) is 8.79. The van der Waals surface area contributed by atoms with Crippen molar-refractivity contribution >= 4 is 17.2 Å². The SMILES string of the molecule is Cc1oc(-c2cccs2)nc1CC(=O)NC(C)c1ccc2c(c1)OCCO2. The average Bonchev–Trinajstić information content (AvgIpc) is 3.31. The fourth-order valence-corrected chi connectivity index (χ4v) is 3.60. The minimum atomic E-state index is -0.155. The Hall–Kier alpha value is -2.80. The molecule has 0 bridgehead atoms. The van der Waals surface area contributed by atoms with Gasteiger partial charge in [-0.3, -0.25) is 4.79 Å². The predicted octanol–water partition coefficient (Wildman–Crippen LogP) is 3.90. The summed E-state index contributed by atoms with van der Waals surface area (Å²) in [6.07, 6.45) is 0.176. The maximum absolute atomic E-state index is 12.5. The maximum atomic E-state index is 12.5. The van der Waals surface area contributed by atoms with Crippen LogP contribution in [0.1, 0.15) is 30.0 Å². The monoisotopic (exact) mass is 384 g/mol. The van der Waals surface area contributed by atoms with Gasteiger partial charge in [-0.1, -0.05) is 12.1 Å². The molecule has 1 atom stereocenters. The molecule has 2 aromatic heterocycles. The van der Waals surface area contributed by atoms with Crippen molar-refractivity contribution in [3.05, 3.63) is 52.7 Å². The van der Waals surface area contributed by atoms with Crippen LogP contribution in [0.25, 0.3) is 10.8 Å². The summed E-state index contributed by atoms with van der Waals surface area (Å²) in [6, 6.07) is 9.47. The minimum Gasteiger partial charge on any atom is -0.486 e. The average molecular weight is 384 g/mol. The first-order valence-corrected chi connectivity index (χ1v) is 9.67. The zero-order valence-corrected chi connectivity index (χ0v) is 16.0. The molecule has 3 aromatic rings. The van der Waals surface area contributed by atoms with Gasteiger partial charge in [0.05, 0.1) is 23.0 Å². The predicted molar refractivity (Wildman–Crippen MR) is 102 cm³/mol. The second-order valence-corrected chi connectivity index (χ2v) is 7.32. The lowest BCUT2D eigenvalue weighted by Gasteiger charge is -2.21. The summed E-state index contributed by atoms with van der Waals surface area (Å²) < 4.78 is 16.8. The number of rotatable bonds is 5. The standard InChI is InChI=1S/C20H20N2O4S/c1-12(14-5-6-16-17(10-14)25-8-7-24-16)21-19(23)11-15-13(2)26-20(22-15)18-4-3-9-27-18/h3-6,9-10,12H,7-8,11H2,1-2H3,(H,21,23). The number of fused-ring (bicyclic) bond motifs is 1. The van der Waals surface area contributed by atoms with Crippen LogP contribution in [-0.4, -0.2) is 24.1 Å². The summed E-state index contributed by atoms with van der Waals surface area (Å²) in [5.74, 6) is 2.58. The molecule has 1 N–H and O–H groups in total. The number of nitrogens with zero attached hydrogens (tertiary/aromatic N) is 1. The highest BCUT2D eigenvalue weighted by atomic mass is 32.1. The molecule has 0 saturated carbocycles. The minimum absolute atomic E-state index is 0.105. The second-order valence-electron chi connectivity index (χ2n) is 6.37. The molecule has 0 aliphatic carbocycles. The number of hydrogen-bond acceptors (Lipinski definition) is 6. The highest BCUT2D eigenvalue weighted by molar-refractivity contribution is 7.13. The molecule has 0 radical (unpaired) electrons. The molecule has 140 valence electrons. The highest BCUT2D eigenvalue weighted by Crippen LogP contribution is 2.32. The molecule has 7 heteroatoms. The van der Waals surface area contributed by atoms with Crippen molar-refractivity contribution in [3.63, 3.8) is 0 Å². The molecule has 1 amide bonds. The topological polar surface area (TPSA) is 73.6 Å². The Kier molecular flexibility index (Phi) is 4.85. The largest absolute Gasteiger partial charge is 0.486 e.